The molecule has 0 aliphatic carbocycles. The predicted molar refractivity (Wildman–Crippen MR) is 56.5 cm³/mol. The van der Waals surface area contributed by atoms with Crippen LogP contribution in [0.2, 0.25) is 0 Å². The number of cyclic esters (lactones) is 2. The Kier molecular flexibility index (Phi) is 2.72. The third-order valence-electron chi connectivity index (χ3n) is 2.21. The van der Waals surface area contributed by atoms with E-state index in [1.807, 2.05) is 6.92 Å². The van der Waals surface area contributed by atoms with Crippen molar-refractivity contribution in [3.05, 3.63) is 41.7 Å². The van der Waals surface area contributed by atoms with Crippen LogP contribution in [0.3, 0.4) is 0 Å². The van der Waals surface area contributed by atoms with E-state index in [1.165, 1.54) is 6.26 Å². The third-order valence-corrected chi connectivity index (χ3v) is 2.21. The maximum atomic E-state index is 11.5. The molecular weight excluding hydrogens is 208 g/mol. The van der Waals surface area contributed by atoms with Crippen LogP contribution in [0, 0.1) is 0 Å². The predicted octanol–water partition coefficient (Wildman–Crippen LogP) is 1.76. The number of esters is 2. The molecule has 0 spiro atoms. The molecule has 1 aliphatic rings. The fourth-order valence-corrected chi connectivity index (χ4v) is 1.48. The van der Waals surface area contributed by atoms with Crippen LogP contribution in [0.25, 0.3) is 5.57 Å². The smallest absolute Gasteiger partial charge is 0.349 e. The zero-order chi connectivity index (χ0) is 11.5. The Morgan fingerprint density at radius 1 is 1.19 bits per heavy atom. The van der Waals surface area contributed by atoms with Gasteiger partial charge in [-0.15, -0.1) is 0 Å². The summed E-state index contributed by atoms with van der Waals surface area (Å²) in [6, 6.07) is 6.78. The van der Waals surface area contributed by atoms with Gasteiger partial charge in [0.25, 0.3) is 0 Å². The van der Waals surface area contributed by atoms with Gasteiger partial charge in [-0.2, -0.15) is 0 Å². The van der Waals surface area contributed by atoms with Gasteiger partial charge in [-0.05, 0) is 13.0 Å². The molecule has 1 aliphatic heterocycles. The van der Waals surface area contributed by atoms with E-state index < -0.39 is 11.9 Å². The second-order valence-corrected chi connectivity index (χ2v) is 3.21. The Balaban J connectivity index is 2.51. The van der Waals surface area contributed by atoms with Gasteiger partial charge in [0.2, 0.25) is 0 Å². The minimum atomic E-state index is -0.669. The van der Waals surface area contributed by atoms with E-state index in [1.54, 1.807) is 24.3 Å². The van der Waals surface area contributed by atoms with Crippen molar-refractivity contribution >= 4 is 17.5 Å². The van der Waals surface area contributed by atoms with Crippen molar-refractivity contribution in [2.24, 2.45) is 0 Å². The molecule has 0 radical (unpaired) electrons. The Morgan fingerprint density at radius 2 is 1.88 bits per heavy atom. The van der Waals surface area contributed by atoms with Gasteiger partial charge in [0.1, 0.15) is 5.57 Å². The minimum absolute atomic E-state index is 0.275. The first kappa shape index (κ1) is 10.4. The lowest BCUT2D eigenvalue weighted by Gasteiger charge is -2.16. The van der Waals surface area contributed by atoms with Crippen LogP contribution in [0.4, 0.5) is 0 Å². The number of rotatable bonds is 2. The molecular formula is C12H10O4. The minimum Gasteiger partial charge on any atom is -0.501 e. The van der Waals surface area contributed by atoms with Crippen molar-refractivity contribution < 1.29 is 19.1 Å². The van der Waals surface area contributed by atoms with E-state index in [9.17, 15) is 9.59 Å². The van der Waals surface area contributed by atoms with Gasteiger partial charge in [0.05, 0.1) is 18.4 Å². The second kappa shape index (κ2) is 4.18. The molecule has 0 bridgehead atoms. The summed E-state index contributed by atoms with van der Waals surface area (Å²) in [5.74, 6) is -1.29. The van der Waals surface area contributed by atoms with Crippen LogP contribution in [0.1, 0.15) is 22.8 Å². The standard InChI is InChI=1S/C12H10O4/c1-2-15-7-10-8-5-3-4-6-9(8)11(13)16-12(10)14/h3-7H,2H2,1H3/b10-7-. The van der Waals surface area contributed by atoms with Gasteiger partial charge in [-0.25, -0.2) is 9.59 Å². The second-order valence-electron chi connectivity index (χ2n) is 3.21. The molecule has 0 aromatic heterocycles. The Labute approximate surface area is 92.5 Å². The molecule has 0 unspecified atom stereocenters. The Morgan fingerprint density at radius 3 is 2.56 bits per heavy atom. The maximum absolute atomic E-state index is 11.5. The van der Waals surface area contributed by atoms with Gasteiger partial charge in [0, 0.05) is 5.56 Å². The molecule has 1 aromatic rings. The summed E-state index contributed by atoms with van der Waals surface area (Å²) in [7, 11) is 0. The molecule has 0 saturated heterocycles. The summed E-state index contributed by atoms with van der Waals surface area (Å²) in [5, 5.41) is 0. The van der Waals surface area contributed by atoms with Crippen LogP contribution < -0.4 is 0 Å². The molecule has 4 heteroatoms. The van der Waals surface area contributed by atoms with Crippen LogP contribution in [-0.4, -0.2) is 18.5 Å². The summed E-state index contributed by atoms with van der Waals surface area (Å²) in [5.41, 5.74) is 1.21. The molecule has 82 valence electrons. The van der Waals surface area contributed by atoms with Crippen molar-refractivity contribution in [2.75, 3.05) is 6.61 Å². The Bertz CT molecular complexity index is 474. The van der Waals surface area contributed by atoms with Gasteiger partial charge in [-0.3, -0.25) is 0 Å². The summed E-state index contributed by atoms with van der Waals surface area (Å²) >= 11 is 0. The normalized spacial score (nSPS) is 16.9. The summed E-state index contributed by atoms with van der Waals surface area (Å²) < 4.78 is 9.66. The number of hydrogen-bond acceptors (Lipinski definition) is 4. The van der Waals surface area contributed by atoms with Crippen molar-refractivity contribution in [3.8, 4) is 0 Å². The van der Waals surface area contributed by atoms with Crippen LogP contribution in [-0.2, 0) is 14.3 Å². The highest BCUT2D eigenvalue weighted by Gasteiger charge is 2.29. The molecule has 0 fully saturated rings. The van der Waals surface area contributed by atoms with Crippen molar-refractivity contribution in [1.82, 2.24) is 0 Å². The molecule has 0 atom stereocenters. The molecule has 16 heavy (non-hydrogen) atoms. The number of carbonyl (C=O) groups is 2. The first-order valence-electron chi connectivity index (χ1n) is 4.91. The molecule has 0 saturated carbocycles. The number of fused-ring (bicyclic) bond motifs is 1. The largest absolute Gasteiger partial charge is 0.501 e. The number of benzene rings is 1. The summed E-state index contributed by atoms with van der Waals surface area (Å²) in [6.07, 6.45) is 1.33. The average Bonchev–Trinajstić information content (AvgIpc) is 2.29. The number of carbonyl (C=O) groups excluding carboxylic acids is 2. The van der Waals surface area contributed by atoms with Crippen LogP contribution in [0.5, 0.6) is 0 Å². The molecule has 1 aromatic carbocycles. The molecule has 1 heterocycles. The first-order chi connectivity index (χ1) is 7.74. The zero-order valence-corrected chi connectivity index (χ0v) is 8.73. The van der Waals surface area contributed by atoms with E-state index >= 15 is 0 Å². The maximum Gasteiger partial charge on any atom is 0.349 e. The first-order valence-corrected chi connectivity index (χ1v) is 4.91. The molecule has 4 nitrogen and oxygen atoms in total. The van der Waals surface area contributed by atoms with Gasteiger partial charge < -0.3 is 9.47 Å². The van der Waals surface area contributed by atoms with Crippen molar-refractivity contribution in [3.63, 3.8) is 0 Å². The van der Waals surface area contributed by atoms with Crippen molar-refractivity contribution in [1.29, 1.82) is 0 Å². The van der Waals surface area contributed by atoms with Crippen molar-refractivity contribution in [2.45, 2.75) is 6.92 Å². The van der Waals surface area contributed by atoms with Crippen LogP contribution >= 0.6 is 0 Å². The van der Waals surface area contributed by atoms with E-state index in [-0.39, 0.29) is 5.57 Å². The zero-order valence-electron chi connectivity index (χ0n) is 8.73. The Hall–Kier alpha value is -2.10. The number of ether oxygens (including phenoxy) is 2. The summed E-state index contributed by atoms with van der Waals surface area (Å²) in [6.45, 7) is 2.26. The van der Waals surface area contributed by atoms with Gasteiger partial charge >= 0.3 is 11.9 Å². The highest BCUT2D eigenvalue weighted by Crippen LogP contribution is 2.26. The van der Waals surface area contributed by atoms with E-state index in [2.05, 4.69) is 4.74 Å². The quantitative estimate of drug-likeness (QED) is 0.328. The fourth-order valence-electron chi connectivity index (χ4n) is 1.48. The number of hydrogen-bond donors (Lipinski definition) is 0. The van der Waals surface area contributed by atoms with E-state index in [4.69, 9.17) is 4.74 Å². The lowest BCUT2D eigenvalue weighted by Crippen LogP contribution is -2.22. The third kappa shape index (κ3) is 1.69. The lowest BCUT2D eigenvalue weighted by atomic mass is 9.98. The fraction of sp³-hybridized carbons (Fsp3) is 0.167. The van der Waals surface area contributed by atoms with Crippen LogP contribution in [0.15, 0.2) is 30.5 Å². The highest BCUT2D eigenvalue weighted by atomic mass is 16.6. The lowest BCUT2D eigenvalue weighted by molar-refractivity contribution is -0.131. The van der Waals surface area contributed by atoms with E-state index in [0.29, 0.717) is 17.7 Å². The van der Waals surface area contributed by atoms with Gasteiger partial charge in [0.15, 0.2) is 0 Å². The SMILES string of the molecule is CCO/C=C1\C(=O)OC(=O)c2ccccc21. The monoisotopic (exact) mass is 218 g/mol. The average molecular weight is 218 g/mol. The highest BCUT2D eigenvalue weighted by molar-refractivity contribution is 6.25. The molecule has 2 rings (SSSR count). The van der Waals surface area contributed by atoms with E-state index in [0.717, 1.165) is 0 Å². The summed E-state index contributed by atoms with van der Waals surface area (Å²) in [4.78, 5) is 22.9. The molecule has 0 amide bonds. The topological polar surface area (TPSA) is 52.6 Å². The van der Waals surface area contributed by atoms with Gasteiger partial charge in [-0.1, -0.05) is 18.2 Å². The molecule has 0 N–H and O–H groups in total.